The van der Waals surface area contributed by atoms with Crippen LogP contribution in [0.15, 0.2) is 48.0 Å². The molecule has 33 heavy (non-hydrogen) atoms. The maximum Gasteiger partial charge on any atom is 0.271 e. The van der Waals surface area contributed by atoms with Gasteiger partial charge in [0.25, 0.3) is 17.5 Å². The van der Waals surface area contributed by atoms with Crippen molar-refractivity contribution >= 4 is 29.3 Å². The Morgan fingerprint density at radius 3 is 2.64 bits per heavy atom. The summed E-state index contributed by atoms with van der Waals surface area (Å²) in [5.41, 5.74) is 0.740. The summed E-state index contributed by atoms with van der Waals surface area (Å²) in [5.74, 6) is -0.206. The fraction of sp³-hybridized carbons (Fsp3) is 0.261. The third-order valence-corrected chi connectivity index (χ3v) is 4.94. The van der Waals surface area contributed by atoms with Crippen LogP contribution in [0.4, 0.5) is 11.4 Å². The van der Waals surface area contributed by atoms with Crippen molar-refractivity contribution in [2.24, 2.45) is 0 Å². The molecule has 0 aromatic heterocycles. The van der Waals surface area contributed by atoms with Crippen LogP contribution in [0, 0.1) is 21.4 Å². The number of amides is 2. The van der Waals surface area contributed by atoms with Gasteiger partial charge in [0.15, 0.2) is 18.1 Å². The minimum absolute atomic E-state index is 0.0314. The van der Waals surface area contributed by atoms with E-state index in [0.717, 1.165) is 12.8 Å². The van der Waals surface area contributed by atoms with Crippen LogP contribution in [-0.4, -0.2) is 48.4 Å². The van der Waals surface area contributed by atoms with Crippen LogP contribution >= 0.6 is 0 Å². The average Bonchev–Trinajstić information content (AvgIpc) is 3.36. The van der Waals surface area contributed by atoms with Crippen LogP contribution in [0.25, 0.3) is 6.08 Å². The number of non-ortho nitro benzene ring substituents is 1. The largest absolute Gasteiger partial charge is 0.493 e. The van der Waals surface area contributed by atoms with E-state index >= 15 is 0 Å². The molecule has 3 rings (SSSR count). The highest BCUT2D eigenvalue weighted by Crippen LogP contribution is 2.29. The molecule has 2 amide bonds. The van der Waals surface area contributed by atoms with Gasteiger partial charge in [-0.2, -0.15) is 5.26 Å². The first-order valence-corrected chi connectivity index (χ1v) is 10.2. The number of likely N-dealkylation sites (tertiary alicyclic amines) is 1. The number of anilines is 1. The second kappa shape index (κ2) is 10.8. The summed E-state index contributed by atoms with van der Waals surface area (Å²) in [6.45, 7) is 0.934. The molecule has 1 aliphatic rings. The molecule has 0 radical (unpaired) electrons. The molecule has 2 aromatic carbocycles. The van der Waals surface area contributed by atoms with Gasteiger partial charge in [0, 0.05) is 30.9 Å². The Hall–Kier alpha value is -4.39. The summed E-state index contributed by atoms with van der Waals surface area (Å²) < 4.78 is 10.8. The molecule has 0 spiro atoms. The number of carbonyl (C=O) groups excluding carboxylic acids is 2. The van der Waals surface area contributed by atoms with Gasteiger partial charge in [0.05, 0.1) is 12.0 Å². The molecule has 1 N–H and O–H groups in total. The lowest BCUT2D eigenvalue weighted by Crippen LogP contribution is -2.28. The van der Waals surface area contributed by atoms with Crippen molar-refractivity contribution in [2.75, 3.05) is 32.1 Å². The summed E-state index contributed by atoms with van der Waals surface area (Å²) in [5, 5.41) is 22.8. The van der Waals surface area contributed by atoms with Gasteiger partial charge in [-0.1, -0.05) is 12.1 Å². The topological polar surface area (TPSA) is 135 Å². The van der Waals surface area contributed by atoms with E-state index in [1.807, 2.05) is 6.07 Å². The van der Waals surface area contributed by atoms with Gasteiger partial charge in [0.1, 0.15) is 11.6 Å². The predicted molar refractivity (Wildman–Crippen MR) is 120 cm³/mol. The molecule has 1 aliphatic heterocycles. The standard InChI is InChI=1S/C23H22N4O6/c1-32-21-12-16(11-17(14-24)23(29)26-9-2-3-10-26)7-8-20(21)33-15-22(28)25-18-5-4-6-19(13-18)27(30)31/h4-8,11-13H,2-3,9-10,15H2,1H3,(H,25,28)/b17-11+. The molecule has 0 unspecified atom stereocenters. The van der Waals surface area contributed by atoms with Gasteiger partial charge in [-0.25, -0.2) is 0 Å². The first-order chi connectivity index (χ1) is 15.9. The van der Waals surface area contributed by atoms with Crippen molar-refractivity contribution in [1.82, 2.24) is 4.90 Å². The number of ether oxygens (including phenoxy) is 2. The van der Waals surface area contributed by atoms with Gasteiger partial charge in [-0.3, -0.25) is 19.7 Å². The number of benzene rings is 2. The summed E-state index contributed by atoms with van der Waals surface area (Å²) in [7, 11) is 1.43. The average molecular weight is 450 g/mol. The lowest BCUT2D eigenvalue weighted by Gasteiger charge is -2.14. The minimum Gasteiger partial charge on any atom is -0.493 e. The normalized spacial score (nSPS) is 13.2. The van der Waals surface area contributed by atoms with Crippen molar-refractivity contribution in [3.05, 3.63) is 63.7 Å². The van der Waals surface area contributed by atoms with Gasteiger partial charge in [-0.15, -0.1) is 0 Å². The minimum atomic E-state index is -0.552. The fourth-order valence-corrected chi connectivity index (χ4v) is 3.33. The van der Waals surface area contributed by atoms with Gasteiger partial charge < -0.3 is 19.7 Å². The van der Waals surface area contributed by atoms with E-state index in [9.17, 15) is 25.0 Å². The lowest BCUT2D eigenvalue weighted by atomic mass is 10.1. The Kier molecular flexibility index (Phi) is 7.60. The second-order valence-corrected chi connectivity index (χ2v) is 7.22. The zero-order valence-electron chi connectivity index (χ0n) is 17.9. The highest BCUT2D eigenvalue weighted by molar-refractivity contribution is 6.01. The number of hydrogen-bond acceptors (Lipinski definition) is 7. The number of nitrogens with one attached hydrogen (secondary N) is 1. The lowest BCUT2D eigenvalue weighted by molar-refractivity contribution is -0.384. The van der Waals surface area contributed by atoms with E-state index in [1.54, 1.807) is 23.1 Å². The van der Waals surface area contributed by atoms with Gasteiger partial charge in [0.2, 0.25) is 0 Å². The maximum absolute atomic E-state index is 12.5. The first kappa shape index (κ1) is 23.3. The number of nitrogens with zero attached hydrogens (tertiary/aromatic N) is 3. The van der Waals surface area contributed by atoms with Crippen LogP contribution in [-0.2, 0) is 9.59 Å². The second-order valence-electron chi connectivity index (χ2n) is 7.22. The van der Waals surface area contributed by atoms with Crippen molar-refractivity contribution < 1.29 is 24.0 Å². The zero-order valence-corrected chi connectivity index (χ0v) is 17.9. The molecular formula is C23H22N4O6. The van der Waals surface area contributed by atoms with Crippen molar-refractivity contribution in [2.45, 2.75) is 12.8 Å². The van der Waals surface area contributed by atoms with E-state index in [1.165, 1.54) is 37.5 Å². The number of nitro groups is 1. The molecule has 170 valence electrons. The Balaban J connectivity index is 1.66. The van der Waals surface area contributed by atoms with Crippen LogP contribution in [0.3, 0.4) is 0 Å². The van der Waals surface area contributed by atoms with Crippen molar-refractivity contribution in [3.8, 4) is 17.6 Å². The summed E-state index contributed by atoms with van der Waals surface area (Å²) in [6, 6.07) is 12.3. The van der Waals surface area contributed by atoms with E-state index < -0.39 is 10.8 Å². The van der Waals surface area contributed by atoms with E-state index in [0.29, 0.717) is 24.4 Å². The maximum atomic E-state index is 12.5. The van der Waals surface area contributed by atoms with Crippen LogP contribution in [0.2, 0.25) is 0 Å². The molecule has 10 nitrogen and oxygen atoms in total. The number of carbonyl (C=O) groups is 2. The number of rotatable bonds is 8. The van der Waals surface area contributed by atoms with E-state index in [-0.39, 0.29) is 35.2 Å². The first-order valence-electron chi connectivity index (χ1n) is 10.2. The van der Waals surface area contributed by atoms with Gasteiger partial charge >= 0.3 is 0 Å². The molecule has 10 heteroatoms. The fourth-order valence-electron chi connectivity index (χ4n) is 3.33. The molecule has 0 aliphatic carbocycles. The Bertz CT molecular complexity index is 1130. The van der Waals surface area contributed by atoms with Crippen LogP contribution in [0.1, 0.15) is 18.4 Å². The predicted octanol–water partition coefficient (Wildman–Crippen LogP) is 3.15. The third kappa shape index (κ3) is 6.07. The quantitative estimate of drug-likeness (QED) is 0.282. The van der Waals surface area contributed by atoms with Gasteiger partial charge in [-0.05, 0) is 42.7 Å². The molecule has 0 saturated carbocycles. The van der Waals surface area contributed by atoms with E-state index in [2.05, 4.69) is 5.32 Å². The number of nitriles is 1. The summed E-state index contributed by atoms with van der Waals surface area (Å²) in [6.07, 6.45) is 3.35. The van der Waals surface area contributed by atoms with Crippen molar-refractivity contribution in [3.63, 3.8) is 0 Å². The van der Waals surface area contributed by atoms with E-state index in [4.69, 9.17) is 9.47 Å². The van der Waals surface area contributed by atoms with Crippen LogP contribution in [0.5, 0.6) is 11.5 Å². The summed E-state index contributed by atoms with van der Waals surface area (Å²) >= 11 is 0. The Labute approximate surface area is 190 Å². The molecule has 2 aromatic rings. The number of nitro benzene ring substituents is 1. The Morgan fingerprint density at radius 1 is 1.21 bits per heavy atom. The highest BCUT2D eigenvalue weighted by Gasteiger charge is 2.21. The molecule has 1 saturated heterocycles. The molecular weight excluding hydrogens is 428 g/mol. The number of hydrogen-bond donors (Lipinski definition) is 1. The van der Waals surface area contributed by atoms with Crippen LogP contribution < -0.4 is 14.8 Å². The smallest absolute Gasteiger partial charge is 0.271 e. The van der Waals surface area contributed by atoms with Crippen molar-refractivity contribution in [1.29, 1.82) is 5.26 Å². The highest BCUT2D eigenvalue weighted by atomic mass is 16.6. The SMILES string of the molecule is COc1cc(/C=C(\C#N)C(=O)N2CCCC2)ccc1OCC(=O)Nc1cccc([N+](=O)[O-])c1. The molecule has 0 bridgehead atoms. The zero-order chi connectivity index (χ0) is 23.8. The third-order valence-electron chi connectivity index (χ3n) is 4.94. The molecule has 0 atom stereocenters. The number of methoxy groups -OCH3 is 1. The summed E-state index contributed by atoms with van der Waals surface area (Å²) in [4.78, 5) is 36.6. The molecule has 1 fully saturated rings. The Morgan fingerprint density at radius 2 is 1.97 bits per heavy atom. The monoisotopic (exact) mass is 450 g/mol. The molecule has 1 heterocycles.